The van der Waals surface area contributed by atoms with Crippen LogP contribution in [0, 0.1) is 6.92 Å². The van der Waals surface area contributed by atoms with Crippen LogP contribution in [0.2, 0.25) is 5.02 Å². The van der Waals surface area contributed by atoms with Gasteiger partial charge in [0, 0.05) is 17.1 Å². The van der Waals surface area contributed by atoms with Crippen molar-refractivity contribution in [3.8, 4) is 5.75 Å². The lowest BCUT2D eigenvalue weighted by Crippen LogP contribution is -2.07. The summed E-state index contributed by atoms with van der Waals surface area (Å²) in [5, 5.41) is 3.84. The maximum absolute atomic E-state index is 5.96. The number of hydrogen-bond donors (Lipinski definition) is 1. The van der Waals surface area contributed by atoms with Crippen LogP contribution < -0.4 is 10.1 Å². The first-order valence-electron chi connectivity index (χ1n) is 5.79. The zero-order chi connectivity index (χ0) is 13.0. The Kier molecular flexibility index (Phi) is 4.28. The van der Waals surface area contributed by atoms with E-state index in [0.717, 1.165) is 34.2 Å². The third kappa shape index (κ3) is 3.06. The van der Waals surface area contributed by atoms with Crippen LogP contribution in [0.15, 0.2) is 34.9 Å². The number of furan rings is 1. The molecule has 3 nitrogen and oxygen atoms in total. The highest BCUT2D eigenvalue weighted by molar-refractivity contribution is 6.31. The average Bonchev–Trinajstić information content (AvgIpc) is 2.79. The van der Waals surface area contributed by atoms with Gasteiger partial charge in [-0.25, -0.2) is 0 Å². The highest BCUT2D eigenvalue weighted by Gasteiger charge is 2.07. The van der Waals surface area contributed by atoms with Crippen molar-refractivity contribution < 1.29 is 9.15 Å². The summed E-state index contributed by atoms with van der Waals surface area (Å²) in [5.41, 5.74) is 2.12. The van der Waals surface area contributed by atoms with E-state index in [-0.39, 0.29) is 0 Å². The van der Waals surface area contributed by atoms with Gasteiger partial charge in [-0.1, -0.05) is 11.6 Å². The molecule has 0 aliphatic rings. The second kappa shape index (κ2) is 5.94. The lowest BCUT2D eigenvalue weighted by Gasteiger charge is -2.07. The molecule has 1 aromatic heterocycles. The van der Waals surface area contributed by atoms with Gasteiger partial charge in [0.1, 0.15) is 18.1 Å². The van der Waals surface area contributed by atoms with E-state index >= 15 is 0 Å². The molecule has 4 heteroatoms. The Morgan fingerprint density at radius 2 is 2.17 bits per heavy atom. The maximum atomic E-state index is 5.96. The molecule has 0 radical (unpaired) electrons. The summed E-state index contributed by atoms with van der Waals surface area (Å²) in [6.45, 7) is 3.15. The summed E-state index contributed by atoms with van der Waals surface area (Å²) in [7, 11) is 1.90. The molecule has 96 valence electrons. The Balaban J connectivity index is 2.02. The fourth-order valence-corrected chi connectivity index (χ4v) is 1.81. The largest absolute Gasteiger partial charge is 0.486 e. The lowest BCUT2D eigenvalue weighted by molar-refractivity contribution is 0.268. The number of ether oxygens (including phenoxy) is 1. The molecule has 0 aliphatic carbocycles. The molecule has 1 N–H and O–H groups in total. The van der Waals surface area contributed by atoms with E-state index in [1.54, 1.807) is 6.26 Å². The van der Waals surface area contributed by atoms with Crippen molar-refractivity contribution in [2.75, 3.05) is 7.05 Å². The minimum absolute atomic E-state index is 0.422. The van der Waals surface area contributed by atoms with E-state index in [9.17, 15) is 0 Å². The second-order valence-corrected chi connectivity index (χ2v) is 4.51. The standard InChI is InChI=1S/C14H16ClNO2/c1-10-7-12(3-4-13(10)15)18-9-14-11(8-16-2)5-6-17-14/h3-7,16H,8-9H2,1-2H3. The van der Waals surface area contributed by atoms with Crippen molar-refractivity contribution in [1.82, 2.24) is 5.32 Å². The van der Waals surface area contributed by atoms with Gasteiger partial charge in [-0.15, -0.1) is 0 Å². The molecule has 0 saturated heterocycles. The first-order valence-corrected chi connectivity index (χ1v) is 6.17. The molecule has 0 bridgehead atoms. The fourth-order valence-electron chi connectivity index (χ4n) is 1.70. The molecule has 0 spiro atoms. The molecular formula is C14H16ClNO2. The summed E-state index contributed by atoms with van der Waals surface area (Å²) in [5.74, 6) is 1.64. The minimum Gasteiger partial charge on any atom is -0.486 e. The van der Waals surface area contributed by atoms with Gasteiger partial charge < -0.3 is 14.5 Å². The molecule has 1 aromatic carbocycles. The Morgan fingerprint density at radius 1 is 1.33 bits per heavy atom. The first kappa shape index (κ1) is 13.0. The molecule has 0 fully saturated rings. The highest BCUT2D eigenvalue weighted by atomic mass is 35.5. The lowest BCUT2D eigenvalue weighted by atomic mass is 10.2. The summed E-state index contributed by atoms with van der Waals surface area (Å²) in [6.07, 6.45) is 1.68. The number of rotatable bonds is 5. The Labute approximate surface area is 112 Å². The molecule has 0 atom stereocenters. The van der Waals surface area contributed by atoms with Gasteiger partial charge in [0.05, 0.1) is 6.26 Å². The van der Waals surface area contributed by atoms with Gasteiger partial charge in [-0.3, -0.25) is 0 Å². The third-order valence-electron chi connectivity index (χ3n) is 2.70. The number of benzene rings is 1. The van der Waals surface area contributed by atoms with Crippen molar-refractivity contribution in [2.45, 2.75) is 20.1 Å². The van der Waals surface area contributed by atoms with Crippen LogP contribution in [0.25, 0.3) is 0 Å². The van der Waals surface area contributed by atoms with Crippen LogP contribution in [0.5, 0.6) is 5.75 Å². The molecule has 1 heterocycles. The minimum atomic E-state index is 0.422. The molecule has 0 aliphatic heterocycles. The van der Waals surface area contributed by atoms with Gasteiger partial charge in [0.25, 0.3) is 0 Å². The van der Waals surface area contributed by atoms with Gasteiger partial charge in [0.15, 0.2) is 0 Å². The number of nitrogens with one attached hydrogen (secondary N) is 1. The van der Waals surface area contributed by atoms with E-state index in [1.165, 1.54) is 0 Å². The molecule has 0 amide bonds. The fraction of sp³-hybridized carbons (Fsp3) is 0.286. The summed E-state index contributed by atoms with van der Waals surface area (Å²) in [6, 6.07) is 7.56. The van der Waals surface area contributed by atoms with E-state index < -0.39 is 0 Å². The van der Waals surface area contributed by atoms with Crippen molar-refractivity contribution in [2.24, 2.45) is 0 Å². The number of aryl methyl sites for hydroxylation is 1. The summed E-state index contributed by atoms with van der Waals surface area (Å²) < 4.78 is 11.1. The average molecular weight is 266 g/mol. The second-order valence-electron chi connectivity index (χ2n) is 4.10. The van der Waals surface area contributed by atoms with Crippen molar-refractivity contribution in [3.63, 3.8) is 0 Å². The van der Waals surface area contributed by atoms with Crippen LogP contribution in [0.4, 0.5) is 0 Å². The van der Waals surface area contributed by atoms with Crippen molar-refractivity contribution >= 4 is 11.6 Å². The SMILES string of the molecule is CNCc1ccoc1COc1ccc(Cl)c(C)c1. The smallest absolute Gasteiger partial charge is 0.146 e. The predicted molar refractivity (Wildman–Crippen MR) is 72.0 cm³/mol. The third-order valence-corrected chi connectivity index (χ3v) is 3.13. The summed E-state index contributed by atoms with van der Waals surface area (Å²) >= 11 is 5.96. The molecule has 0 saturated carbocycles. The molecule has 0 unspecified atom stereocenters. The van der Waals surface area contributed by atoms with Crippen LogP contribution in [-0.2, 0) is 13.2 Å². The van der Waals surface area contributed by atoms with E-state index in [0.29, 0.717) is 6.61 Å². The van der Waals surface area contributed by atoms with Crippen molar-refractivity contribution in [3.05, 3.63) is 52.4 Å². The molecule has 18 heavy (non-hydrogen) atoms. The van der Waals surface area contributed by atoms with Gasteiger partial charge in [-0.05, 0) is 43.8 Å². The maximum Gasteiger partial charge on any atom is 0.146 e. The van der Waals surface area contributed by atoms with Gasteiger partial charge in [0.2, 0.25) is 0 Å². The van der Waals surface area contributed by atoms with E-state index in [2.05, 4.69) is 5.32 Å². The quantitative estimate of drug-likeness (QED) is 0.898. The Bertz CT molecular complexity index is 522. The summed E-state index contributed by atoms with van der Waals surface area (Å²) in [4.78, 5) is 0. The molecule has 2 aromatic rings. The topological polar surface area (TPSA) is 34.4 Å². The van der Waals surface area contributed by atoms with Crippen LogP contribution >= 0.6 is 11.6 Å². The predicted octanol–water partition coefficient (Wildman–Crippen LogP) is 3.54. The van der Waals surface area contributed by atoms with Gasteiger partial charge >= 0.3 is 0 Å². The molecular weight excluding hydrogens is 250 g/mol. The number of halogens is 1. The van der Waals surface area contributed by atoms with Crippen LogP contribution in [0.1, 0.15) is 16.9 Å². The first-order chi connectivity index (χ1) is 8.70. The highest BCUT2D eigenvalue weighted by Crippen LogP contribution is 2.22. The Morgan fingerprint density at radius 3 is 2.89 bits per heavy atom. The zero-order valence-corrected chi connectivity index (χ0v) is 11.3. The van der Waals surface area contributed by atoms with E-state index in [1.807, 2.05) is 38.2 Å². The number of hydrogen-bond acceptors (Lipinski definition) is 3. The van der Waals surface area contributed by atoms with Crippen LogP contribution in [-0.4, -0.2) is 7.05 Å². The van der Waals surface area contributed by atoms with Crippen molar-refractivity contribution in [1.29, 1.82) is 0 Å². The normalized spacial score (nSPS) is 10.6. The molecule has 2 rings (SSSR count). The monoisotopic (exact) mass is 265 g/mol. The van der Waals surface area contributed by atoms with E-state index in [4.69, 9.17) is 20.8 Å². The van der Waals surface area contributed by atoms with Gasteiger partial charge in [-0.2, -0.15) is 0 Å². The Hall–Kier alpha value is -1.45. The van der Waals surface area contributed by atoms with Crippen LogP contribution in [0.3, 0.4) is 0 Å². The zero-order valence-electron chi connectivity index (χ0n) is 10.5.